The summed E-state index contributed by atoms with van der Waals surface area (Å²) >= 11 is 0. The van der Waals surface area contributed by atoms with Crippen molar-refractivity contribution in [1.82, 2.24) is 9.62 Å². The summed E-state index contributed by atoms with van der Waals surface area (Å²) in [7, 11) is -1.84. The molecule has 0 aliphatic rings. The Hall–Kier alpha value is -1.80. The molecule has 0 saturated heterocycles. The van der Waals surface area contributed by atoms with Gasteiger partial charge in [-0.3, -0.25) is 4.79 Å². The number of ether oxygens (including phenoxy) is 2. The number of hydrogen-bond acceptors (Lipinski definition) is 5. The highest BCUT2D eigenvalue weighted by Crippen LogP contribution is 2.17. The lowest BCUT2D eigenvalue weighted by atomic mass is 10.1. The molecular formula is C17H28N2O5S. The maximum atomic E-state index is 11.9. The standard InChI is InChI=1S/C17H28N2O5S/c1-17(2,3)18-16(20)10-11-19(25(5,21)22)12-13-24-15-8-6-14(23-4)7-9-15/h6-9H,10-13H2,1-5H3,(H,18,20). The Labute approximate surface area is 150 Å². The first-order valence-electron chi connectivity index (χ1n) is 8.04. The second-order valence-corrected chi connectivity index (χ2v) is 8.72. The summed E-state index contributed by atoms with van der Waals surface area (Å²) in [6.07, 6.45) is 1.23. The molecule has 0 heterocycles. The monoisotopic (exact) mass is 372 g/mol. The van der Waals surface area contributed by atoms with Crippen LogP contribution in [0.1, 0.15) is 27.2 Å². The molecule has 1 N–H and O–H groups in total. The van der Waals surface area contributed by atoms with Gasteiger partial charge in [-0.25, -0.2) is 8.42 Å². The van der Waals surface area contributed by atoms with Gasteiger partial charge in [-0.15, -0.1) is 0 Å². The Morgan fingerprint density at radius 3 is 2.16 bits per heavy atom. The van der Waals surface area contributed by atoms with Crippen LogP contribution in [0.2, 0.25) is 0 Å². The van der Waals surface area contributed by atoms with Gasteiger partial charge in [0.05, 0.1) is 13.4 Å². The number of hydrogen-bond donors (Lipinski definition) is 1. The topological polar surface area (TPSA) is 84.9 Å². The van der Waals surface area contributed by atoms with Crippen LogP contribution in [0.5, 0.6) is 11.5 Å². The van der Waals surface area contributed by atoms with E-state index >= 15 is 0 Å². The van der Waals surface area contributed by atoms with E-state index in [0.29, 0.717) is 5.75 Å². The minimum Gasteiger partial charge on any atom is -0.497 e. The van der Waals surface area contributed by atoms with Gasteiger partial charge in [0.25, 0.3) is 0 Å². The van der Waals surface area contributed by atoms with Crippen LogP contribution in [-0.4, -0.2) is 57.2 Å². The van der Waals surface area contributed by atoms with Crippen LogP contribution in [0.4, 0.5) is 0 Å². The van der Waals surface area contributed by atoms with Crippen molar-refractivity contribution in [1.29, 1.82) is 0 Å². The number of nitrogens with one attached hydrogen (secondary N) is 1. The van der Waals surface area contributed by atoms with Gasteiger partial charge in [-0.05, 0) is 45.0 Å². The van der Waals surface area contributed by atoms with E-state index in [2.05, 4.69) is 5.32 Å². The molecule has 0 unspecified atom stereocenters. The average Bonchev–Trinajstić information content (AvgIpc) is 2.48. The number of carbonyl (C=O) groups is 1. The first-order chi connectivity index (χ1) is 11.5. The van der Waals surface area contributed by atoms with Gasteiger partial charge >= 0.3 is 0 Å². The number of amides is 1. The van der Waals surface area contributed by atoms with Gasteiger partial charge in [-0.2, -0.15) is 4.31 Å². The van der Waals surface area contributed by atoms with Crippen LogP contribution in [0.3, 0.4) is 0 Å². The molecule has 0 aliphatic carbocycles. The maximum Gasteiger partial charge on any atom is 0.221 e. The second-order valence-electron chi connectivity index (χ2n) is 6.73. The normalized spacial score (nSPS) is 12.1. The fourth-order valence-electron chi connectivity index (χ4n) is 2.09. The molecular weight excluding hydrogens is 344 g/mol. The molecule has 1 amide bonds. The van der Waals surface area contributed by atoms with Crippen LogP contribution in [0.15, 0.2) is 24.3 Å². The molecule has 25 heavy (non-hydrogen) atoms. The van der Waals surface area contributed by atoms with Gasteiger partial charge in [0.1, 0.15) is 18.1 Å². The zero-order valence-corrected chi connectivity index (χ0v) is 16.4. The third kappa shape index (κ3) is 8.74. The van der Waals surface area contributed by atoms with Crippen LogP contribution in [0, 0.1) is 0 Å². The molecule has 0 aliphatic heterocycles. The molecule has 0 fully saturated rings. The molecule has 1 rings (SSSR count). The van der Waals surface area contributed by atoms with E-state index in [1.165, 1.54) is 4.31 Å². The van der Waals surface area contributed by atoms with E-state index < -0.39 is 10.0 Å². The zero-order chi connectivity index (χ0) is 19.1. The molecule has 0 spiro atoms. The maximum absolute atomic E-state index is 11.9. The van der Waals surface area contributed by atoms with E-state index in [-0.39, 0.29) is 37.6 Å². The molecule has 0 atom stereocenters. The number of carbonyl (C=O) groups excluding carboxylic acids is 1. The largest absolute Gasteiger partial charge is 0.497 e. The number of rotatable bonds is 9. The summed E-state index contributed by atoms with van der Waals surface area (Å²) in [5.74, 6) is 1.16. The molecule has 8 heteroatoms. The summed E-state index contributed by atoms with van der Waals surface area (Å²) in [4.78, 5) is 11.9. The van der Waals surface area contributed by atoms with Crippen LogP contribution in [-0.2, 0) is 14.8 Å². The van der Waals surface area contributed by atoms with Crippen molar-refractivity contribution in [3.05, 3.63) is 24.3 Å². The Kier molecular flexibility index (Phi) is 7.69. The van der Waals surface area contributed by atoms with Gasteiger partial charge in [-0.1, -0.05) is 0 Å². The average molecular weight is 372 g/mol. The number of sulfonamides is 1. The predicted octanol–water partition coefficient (Wildman–Crippen LogP) is 1.64. The molecule has 0 bridgehead atoms. The van der Waals surface area contributed by atoms with E-state index in [9.17, 15) is 13.2 Å². The second kappa shape index (κ2) is 9.05. The third-order valence-corrected chi connectivity index (χ3v) is 4.54. The lowest BCUT2D eigenvalue weighted by Gasteiger charge is -2.23. The SMILES string of the molecule is COc1ccc(OCCN(CCC(=O)NC(C)(C)C)S(C)(=O)=O)cc1. The highest BCUT2D eigenvalue weighted by Gasteiger charge is 2.19. The van der Waals surface area contributed by atoms with Crippen LogP contribution >= 0.6 is 0 Å². The summed E-state index contributed by atoms with van der Waals surface area (Å²) in [6.45, 7) is 6.12. The van der Waals surface area contributed by atoms with E-state index in [1.807, 2.05) is 20.8 Å². The fourth-order valence-corrected chi connectivity index (χ4v) is 2.92. The van der Waals surface area contributed by atoms with Crippen molar-refractivity contribution in [3.63, 3.8) is 0 Å². The molecule has 1 aromatic rings. The van der Waals surface area contributed by atoms with Crippen molar-refractivity contribution in [3.8, 4) is 11.5 Å². The smallest absolute Gasteiger partial charge is 0.221 e. The summed E-state index contributed by atoms with van der Waals surface area (Å²) in [5.41, 5.74) is -0.343. The first-order valence-corrected chi connectivity index (χ1v) is 9.89. The van der Waals surface area contributed by atoms with Crippen molar-refractivity contribution >= 4 is 15.9 Å². The number of methoxy groups -OCH3 is 1. The van der Waals surface area contributed by atoms with E-state index in [0.717, 1.165) is 12.0 Å². The predicted molar refractivity (Wildman–Crippen MR) is 97.4 cm³/mol. The highest BCUT2D eigenvalue weighted by molar-refractivity contribution is 7.88. The molecule has 142 valence electrons. The molecule has 0 saturated carbocycles. The van der Waals surface area contributed by atoms with E-state index in [1.54, 1.807) is 31.4 Å². The Bertz CT molecular complexity index is 651. The lowest BCUT2D eigenvalue weighted by Crippen LogP contribution is -2.43. The third-order valence-electron chi connectivity index (χ3n) is 3.24. The quantitative estimate of drug-likeness (QED) is 0.712. The summed E-state index contributed by atoms with van der Waals surface area (Å²) in [5, 5.41) is 2.82. The Balaban J connectivity index is 2.52. The van der Waals surface area contributed by atoms with E-state index in [4.69, 9.17) is 9.47 Å². The molecule has 1 aromatic carbocycles. The summed E-state index contributed by atoms with van der Waals surface area (Å²) in [6, 6.07) is 7.03. The van der Waals surface area contributed by atoms with Gasteiger partial charge in [0, 0.05) is 25.0 Å². The lowest BCUT2D eigenvalue weighted by molar-refractivity contribution is -0.122. The van der Waals surface area contributed by atoms with Crippen molar-refractivity contribution < 1.29 is 22.7 Å². The van der Waals surface area contributed by atoms with Crippen LogP contribution < -0.4 is 14.8 Å². The minimum atomic E-state index is -3.42. The Morgan fingerprint density at radius 1 is 1.12 bits per heavy atom. The zero-order valence-electron chi connectivity index (χ0n) is 15.5. The van der Waals surface area contributed by atoms with Gasteiger partial charge < -0.3 is 14.8 Å². The van der Waals surface area contributed by atoms with Crippen molar-refractivity contribution in [2.45, 2.75) is 32.7 Å². The van der Waals surface area contributed by atoms with Crippen LogP contribution in [0.25, 0.3) is 0 Å². The van der Waals surface area contributed by atoms with Crippen molar-refractivity contribution in [2.24, 2.45) is 0 Å². The fraction of sp³-hybridized carbons (Fsp3) is 0.588. The molecule has 0 radical (unpaired) electrons. The van der Waals surface area contributed by atoms with Gasteiger partial charge in [0.2, 0.25) is 15.9 Å². The van der Waals surface area contributed by atoms with Gasteiger partial charge in [0.15, 0.2) is 0 Å². The molecule has 7 nitrogen and oxygen atoms in total. The van der Waals surface area contributed by atoms with Crippen molar-refractivity contribution in [2.75, 3.05) is 33.1 Å². The minimum absolute atomic E-state index is 0.104. The summed E-state index contributed by atoms with van der Waals surface area (Å²) < 4.78 is 35.6. The highest BCUT2D eigenvalue weighted by atomic mass is 32.2. The Morgan fingerprint density at radius 2 is 1.68 bits per heavy atom. The number of benzene rings is 1. The molecule has 0 aromatic heterocycles. The first kappa shape index (κ1) is 21.2. The number of nitrogens with zero attached hydrogens (tertiary/aromatic N) is 1.